The highest BCUT2D eigenvalue weighted by Gasteiger charge is 2.49. The largest absolute Gasteiger partial charge is 0.499 e. The maximum atomic E-state index is 12.9. The molecular formula is C19H21N4O5+. The maximum absolute atomic E-state index is 12.9. The first-order valence-electron chi connectivity index (χ1n) is 8.73. The second-order valence-electron chi connectivity index (χ2n) is 6.11. The second-order valence-corrected chi connectivity index (χ2v) is 6.11. The minimum atomic E-state index is -0.851. The monoisotopic (exact) mass is 385 g/mol. The normalized spacial score (nSPS) is 18.6. The van der Waals surface area contributed by atoms with Crippen LogP contribution in [0.5, 0.6) is 5.75 Å². The molecule has 146 valence electrons. The van der Waals surface area contributed by atoms with Crippen molar-refractivity contribution in [2.24, 2.45) is 10.9 Å². The number of nitrogens with zero attached hydrogens (tertiary/aromatic N) is 3. The summed E-state index contributed by atoms with van der Waals surface area (Å²) in [6.07, 6.45) is 3.03. The van der Waals surface area contributed by atoms with Gasteiger partial charge in [0.05, 0.1) is 20.8 Å². The van der Waals surface area contributed by atoms with E-state index in [1.165, 1.54) is 24.9 Å². The van der Waals surface area contributed by atoms with Crippen LogP contribution in [-0.4, -0.2) is 66.7 Å². The van der Waals surface area contributed by atoms with E-state index >= 15 is 0 Å². The molecule has 1 N–H and O–H groups in total. The molecule has 1 aromatic carbocycles. The molecule has 0 bridgehead atoms. The second kappa shape index (κ2) is 8.03. The molecule has 3 rings (SSSR count). The fourth-order valence-electron chi connectivity index (χ4n) is 3.00. The minimum absolute atomic E-state index is 0.275. The van der Waals surface area contributed by atoms with Crippen molar-refractivity contribution in [1.82, 2.24) is 4.90 Å². The van der Waals surface area contributed by atoms with Crippen LogP contribution in [0, 0.1) is 5.92 Å². The van der Waals surface area contributed by atoms with Gasteiger partial charge in [-0.25, -0.2) is 4.79 Å². The van der Waals surface area contributed by atoms with Gasteiger partial charge in [0.25, 0.3) is 11.7 Å². The van der Waals surface area contributed by atoms with Crippen LogP contribution >= 0.6 is 0 Å². The molecule has 0 fully saturated rings. The summed E-state index contributed by atoms with van der Waals surface area (Å²) in [6, 6.07) is 6.19. The minimum Gasteiger partial charge on any atom is -0.499 e. The maximum Gasteiger partial charge on any atom is 0.446 e. The number of allylic oxidation sites excluding steroid dienone is 1. The molecule has 1 aromatic rings. The van der Waals surface area contributed by atoms with Crippen molar-refractivity contribution in [3.05, 3.63) is 36.1 Å². The lowest BCUT2D eigenvalue weighted by Crippen LogP contribution is -2.56. The van der Waals surface area contributed by atoms with Crippen LogP contribution in [0.25, 0.3) is 0 Å². The molecule has 0 saturated carbocycles. The first-order chi connectivity index (χ1) is 13.5. The number of aliphatic imine (C=N–C) groups is 1. The molecule has 2 aliphatic heterocycles. The molecule has 0 aliphatic carbocycles. The summed E-state index contributed by atoms with van der Waals surface area (Å²) in [5, 5.41) is 2.67. The highest BCUT2D eigenvalue weighted by molar-refractivity contribution is 6.16. The van der Waals surface area contributed by atoms with Crippen LogP contribution in [0.15, 0.2) is 41.1 Å². The molecule has 0 aromatic heterocycles. The van der Waals surface area contributed by atoms with Gasteiger partial charge in [-0.15, -0.1) is 4.99 Å². The Hall–Kier alpha value is -3.49. The standard InChI is InChI=1S/C19H20N4O5/c1-4-28-13-7-5-12(6-8-13)21-15(24)11-23-18(25)16-14(27-3)9-10-20-17(16)22(2)19(23)26/h5-10,16H,4,11H2,1-3H3/p+1. The smallest absolute Gasteiger partial charge is 0.446 e. The molecule has 0 radical (unpaired) electrons. The van der Waals surface area contributed by atoms with Gasteiger partial charge < -0.3 is 14.8 Å². The van der Waals surface area contributed by atoms with E-state index < -0.39 is 30.3 Å². The number of imide groups is 1. The van der Waals surface area contributed by atoms with Crippen LogP contribution in [0.2, 0.25) is 0 Å². The number of benzene rings is 1. The lowest BCUT2D eigenvalue weighted by atomic mass is 9.99. The van der Waals surface area contributed by atoms with Gasteiger partial charge in [0.1, 0.15) is 17.7 Å². The van der Waals surface area contributed by atoms with Gasteiger partial charge in [-0.3, -0.25) is 9.59 Å². The number of urea groups is 1. The number of rotatable bonds is 6. The predicted molar refractivity (Wildman–Crippen MR) is 102 cm³/mol. The Kier molecular flexibility index (Phi) is 5.53. The third kappa shape index (κ3) is 3.64. The van der Waals surface area contributed by atoms with Gasteiger partial charge >= 0.3 is 11.9 Å². The van der Waals surface area contributed by atoms with Crippen molar-refractivity contribution in [3.63, 3.8) is 0 Å². The summed E-state index contributed by atoms with van der Waals surface area (Å²) >= 11 is 0. The van der Waals surface area contributed by atoms with E-state index in [9.17, 15) is 14.4 Å². The Morgan fingerprint density at radius 1 is 1.29 bits per heavy atom. The number of amidine groups is 1. The number of carbonyl (C=O) groups excluding carboxylic acids is 3. The highest BCUT2D eigenvalue weighted by atomic mass is 16.5. The molecule has 1 unspecified atom stereocenters. The van der Waals surface area contributed by atoms with Gasteiger partial charge in [-0.05, 0) is 31.2 Å². The third-order valence-electron chi connectivity index (χ3n) is 4.35. The van der Waals surface area contributed by atoms with Crippen molar-refractivity contribution in [1.29, 1.82) is 0 Å². The van der Waals surface area contributed by atoms with Crippen molar-refractivity contribution in [2.45, 2.75) is 6.92 Å². The molecular weight excluding hydrogens is 364 g/mol. The zero-order valence-corrected chi connectivity index (χ0v) is 15.8. The lowest BCUT2D eigenvalue weighted by Gasteiger charge is -2.27. The Morgan fingerprint density at radius 2 is 2.00 bits per heavy atom. The average molecular weight is 385 g/mol. The fourth-order valence-corrected chi connectivity index (χ4v) is 3.00. The van der Waals surface area contributed by atoms with Crippen LogP contribution in [0.4, 0.5) is 10.5 Å². The summed E-state index contributed by atoms with van der Waals surface area (Å²) < 4.78 is 11.8. The van der Waals surface area contributed by atoms with E-state index in [1.54, 1.807) is 30.3 Å². The summed E-state index contributed by atoms with van der Waals surface area (Å²) in [5.41, 5.74) is 0.533. The zero-order valence-electron chi connectivity index (χ0n) is 15.8. The van der Waals surface area contributed by atoms with Crippen molar-refractivity contribution in [2.75, 3.05) is 32.6 Å². The Morgan fingerprint density at radius 3 is 2.64 bits per heavy atom. The van der Waals surface area contributed by atoms with Gasteiger partial charge in [0, 0.05) is 11.8 Å². The SMILES string of the molecule is CCOc1ccc(NC(=O)CN2C(=O)C3C(OC)=CC=NC3=[N+](C)C2=O)cc1. The Balaban J connectivity index is 1.74. The topological polar surface area (TPSA) is 100 Å². The molecule has 9 nitrogen and oxygen atoms in total. The molecule has 0 spiro atoms. The molecule has 4 amide bonds. The number of carbonyl (C=O) groups is 3. The zero-order chi connectivity index (χ0) is 20.3. The van der Waals surface area contributed by atoms with E-state index in [-0.39, 0.29) is 5.84 Å². The molecule has 9 heteroatoms. The van der Waals surface area contributed by atoms with Gasteiger partial charge in [-0.1, -0.05) is 0 Å². The summed E-state index contributed by atoms with van der Waals surface area (Å²) in [6.45, 7) is 2.00. The summed E-state index contributed by atoms with van der Waals surface area (Å²) in [4.78, 5) is 42.8. The summed E-state index contributed by atoms with van der Waals surface area (Å²) in [5.74, 6) is -0.571. The van der Waals surface area contributed by atoms with Crippen LogP contribution in [-0.2, 0) is 14.3 Å². The number of ether oxygens (including phenoxy) is 2. The Bertz CT molecular complexity index is 901. The quantitative estimate of drug-likeness (QED) is 0.743. The number of anilines is 1. The van der Waals surface area contributed by atoms with Crippen molar-refractivity contribution >= 4 is 35.6 Å². The van der Waals surface area contributed by atoms with Crippen LogP contribution in [0.3, 0.4) is 0 Å². The number of hydrogen-bond donors (Lipinski definition) is 1. The number of hydrogen-bond acceptors (Lipinski definition) is 6. The first-order valence-corrected chi connectivity index (χ1v) is 8.73. The third-order valence-corrected chi connectivity index (χ3v) is 4.35. The number of dihydropyridines is 1. The first kappa shape index (κ1) is 19.3. The predicted octanol–water partition coefficient (Wildman–Crippen LogP) is 1.26. The average Bonchev–Trinajstić information content (AvgIpc) is 2.70. The molecule has 2 aliphatic rings. The van der Waals surface area contributed by atoms with Gasteiger partial charge in [0.15, 0.2) is 12.5 Å². The van der Waals surface area contributed by atoms with E-state index in [1.807, 2.05) is 6.92 Å². The summed E-state index contributed by atoms with van der Waals surface area (Å²) in [7, 11) is 2.94. The highest BCUT2D eigenvalue weighted by Crippen LogP contribution is 2.24. The molecule has 2 heterocycles. The number of methoxy groups -OCH3 is 1. The molecule has 28 heavy (non-hydrogen) atoms. The van der Waals surface area contributed by atoms with Crippen LogP contribution < -0.4 is 10.1 Å². The number of amides is 4. The Labute approximate surface area is 161 Å². The van der Waals surface area contributed by atoms with Crippen molar-refractivity contribution < 1.29 is 28.4 Å². The number of fused-ring (bicyclic) bond motifs is 1. The van der Waals surface area contributed by atoms with E-state index in [4.69, 9.17) is 9.47 Å². The van der Waals surface area contributed by atoms with E-state index in [0.29, 0.717) is 23.8 Å². The lowest BCUT2D eigenvalue weighted by molar-refractivity contribution is -0.408. The fraction of sp³-hybridized carbons (Fsp3) is 0.316. The van der Waals surface area contributed by atoms with E-state index in [2.05, 4.69) is 10.3 Å². The van der Waals surface area contributed by atoms with Gasteiger partial charge in [-0.2, -0.15) is 9.48 Å². The van der Waals surface area contributed by atoms with Crippen LogP contribution in [0.1, 0.15) is 6.92 Å². The van der Waals surface area contributed by atoms with Crippen molar-refractivity contribution in [3.8, 4) is 5.75 Å². The van der Waals surface area contributed by atoms with E-state index in [0.717, 1.165) is 4.90 Å². The van der Waals surface area contributed by atoms with Gasteiger partial charge in [0.2, 0.25) is 0 Å². The number of nitrogens with one attached hydrogen (secondary N) is 1. The molecule has 0 saturated heterocycles. The molecule has 1 atom stereocenters.